The molecule has 1 heterocycles. The van der Waals surface area contributed by atoms with Crippen LogP contribution in [0.15, 0.2) is 84.0 Å². The number of nitrogen functional groups attached to an aromatic ring is 1. The van der Waals surface area contributed by atoms with Crippen molar-refractivity contribution in [1.82, 2.24) is 25.6 Å². The Bertz CT molecular complexity index is 1730. The number of carbonyl (C=O) groups excluding carboxylic acids is 2. The third kappa shape index (κ3) is 15.8. The molecule has 0 saturated heterocycles. The highest BCUT2D eigenvalue weighted by Crippen LogP contribution is 2.20. The van der Waals surface area contributed by atoms with E-state index in [9.17, 15) is 9.59 Å². The van der Waals surface area contributed by atoms with Crippen molar-refractivity contribution in [3.05, 3.63) is 100 Å². The van der Waals surface area contributed by atoms with Crippen LogP contribution in [-0.4, -0.2) is 106 Å². The predicted molar refractivity (Wildman–Crippen MR) is 201 cm³/mol. The number of nitrogens with two attached hydrogens (primary N) is 1. The molecule has 280 valence electrons. The zero-order chi connectivity index (χ0) is 37.4. The molecule has 18 heteroatoms. The molecule has 0 atom stereocenters. The first-order valence-electron chi connectivity index (χ1n) is 16.9. The molecule has 18 nitrogen and oxygen atoms in total. The lowest BCUT2D eigenvalue weighted by atomic mass is 10.2. The number of nitrogens with zero attached hydrogens (tertiary/aromatic N) is 6. The molecule has 2 amide bonds. The third-order valence-electron chi connectivity index (χ3n) is 6.98. The first kappa shape index (κ1) is 39.7. The van der Waals surface area contributed by atoms with Gasteiger partial charge >= 0.3 is 0 Å². The molecule has 0 unspecified atom stereocenters. The highest BCUT2D eigenvalue weighted by atomic mass is 16.5. The molecule has 1 aromatic heterocycles. The molecule has 7 N–H and O–H groups in total. The number of rotatable bonds is 25. The van der Waals surface area contributed by atoms with Gasteiger partial charge in [-0.05, 0) is 66.2 Å². The summed E-state index contributed by atoms with van der Waals surface area (Å²) in [5.74, 6) is 0.491. The van der Waals surface area contributed by atoms with Gasteiger partial charge in [-0.1, -0.05) is 23.3 Å². The quantitative estimate of drug-likeness (QED) is 0.0187. The minimum Gasteiger partial charge on any atom is -0.399 e. The largest absolute Gasteiger partial charge is 0.399 e. The lowest BCUT2D eigenvalue weighted by Crippen LogP contribution is -2.27. The summed E-state index contributed by atoms with van der Waals surface area (Å²) >= 11 is 0. The predicted octanol–water partition coefficient (Wildman–Crippen LogP) is 3.89. The number of amides is 2. The van der Waals surface area contributed by atoms with E-state index in [1.165, 1.54) is 0 Å². The van der Waals surface area contributed by atoms with Gasteiger partial charge in [-0.25, -0.2) is 0 Å². The van der Waals surface area contributed by atoms with Crippen LogP contribution in [0, 0.1) is 0 Å². The monoisotopic (exact) mass is 728 g/mol. The summed E-state index contributed by atoms with van der Waals surface area (Å²) < 4.78 is 21.9. The summed E-state index contributed by atoms with van der Waals surface area (Å²) in [5.41, 5.74) is 17.2. The Morgan fingerprint density at radius 1 is 0.604 bits per heavy atom. The highest BCUT2D eigenvalue weighted by molar-refractivity contribution is 5.94. The third-order valence-corrected chi connectivity index (χ3v) is 6.98. The van der Waals surface area contributed by atoms with Crippen molar-refractivity contribution in [2.45, 2.75) is 0 Å². The van der Waals surface area contributed by atoms with Crippen molar-refractivity contribution in [3.8, 4) is 0 Å². The van der Waals surface area contributed by atoms with Crippen LogP contribution < -0.4 is 32.3 Å². The van der Waals surface area contributed by atoms with Gasteiger partial charge in [-0.2, -0.15) is 15.0 Å². The Morgan fingerprint density at radius 3 is 1.62 bits per heavy atom. The van der Waals surface area contributed by atoms with E-state index in [1.54, 1.807) is 48.5 Å². The summed E-state index contributed by atoms with van der Waals surface area (Å²) in [7, 11) is 0. The van der Waals surface area contributed by atoms with Gasteiger partial charge in [0, 0.05) is 59.3 Å². The van der Waals surface area contributed by atoms with E-state index in [0.717, 1.165) is 5.69 Å². The highest BCUT2D eigenvalue weighted by Gasteiger charge is 2.10. The second-order valence-corrected chi connectivity index (χ2v) is 11.0. The van der Waals surface area contributed by atoms with Crippen molar-refractivity contribution in [1.29, 1.82) is 0 Å². The molecule has 0 bridgehead atoms. The molecule has 0 fully saturated rings. The van der Waals surface area contributed by atoms with E-state index in [1.807, 2.05) is 30.3 Å². The molecule has 0 aliphatic heterocycles. The second-order valence-electron chi connectivity index (χ2n) is 11.0. The van der Waals surface area contributed by atoms with E-state index >= 15 is 0 Å². The van der Waals surface area contributed by atoms with Gasteiger partial charge in [-0.15, -0.1) is 0 Å². The average molecular weight is 729 g/mol. The minimum atomic E-state index is -0.242. The fourth-order valence-electron chi connectivity index (χ4n) is 4.39. The van der Waals surface area contributed by atoms with Crippen molar-refractivity contribution >= 4 is 46.7 Å². The fraction of sp³-hybridized carbons (Fsp3) is 0.343. The summed E-state index contributed by atoms with van der Waals surface area (Å²) in [4.78, 5) is 40.8. The zero-order valence-electron chi connectivity index (χ0n) is 29.2. The minimum absolute atomic E-state index is 0.141. The Labute approximate surface area is 306 Å². The standard InChI is InChI=1S/C35H44N12O6/c36-28-8-12-30(13-9-28)43-35-45-33(40-16-20-52-23-22-50-18-14-38-31(48)26-4-2-1-3-5-26)44-34(46-35)42-29-10-6-27(7-11-29)32(49)39-15-19-51-24-25-53-21-17-41-47-37/h1-13H,14-25,36H2,(H,38,48)(H,39,49)(H3,40,42,43,44,45,46). The van der Waals surface area contributed by atoms with E-state index < -0.39 is 0 Å². The van der Waals surface area contributed by atoms with Crippen LogP contribution in [0.25, 0.3) is 10.4 Å². The van der Waals surface area contributed by atoms with Gasteiger partial charge in [0.05, 0.1) is 52.9 Å². The number of azide groups is 1. The number of ether oxygens (including phenoxy) is 4. The molecule has 53 heavy (non-hydrogen) atoms. The Hall–Kier alpha value is -6.04. The van der Waals surface area contributed by atoms with Crippen LogP contribution in [0.2, 0.25) is 0 Å². The van der Waals surface area contributed by atoms with Gasteiger partial charge in [0.2, 0.25) is 17.8 Å². The van der Waals surface area contributed by atoms with Crippen molar-refractivity contribution in [2.24, 2.45) is 5.11 Å². The molecule has 4 aromatic rings. The van der Waals surface area contributed by atoms with Crippen LogP contribution in [-0.2, 0) is 18.9 Å². The molecular weight excluding hydrogens is 684 g/mol. The topological polar surface area (TPSA) is 245 Å². The molecule has 0 saturated carbocycles. The molecule has 3 aromatic carbocycles. The van der Waals surface area contributed by atoms with Gasteiger partial charge in [0.1, 0.15) is 0 Å². The number of nitrogens with one attached hydrogen (secondary N) is 5. The van der Waals surface area contributed by atoms with Crippen LogP contribution in [0.3, 0.4) is 0 Å². The van der Waals surface area contributed by atoms with Crippen molar-refractivity contribution in [3.63, 3.8) is 0 Å². The van der Waals surface area contributed by atoms with E-state index in [0.29, 0.717) is 107 Å². The number of aromatic nitrogens is 3. The SMILES string of the molecule is [N-]=[N+]=NCCOCCOCCNC(=O)c1ccc(Nc2nc(NCCOCCOCCNC(=O)c3ccccc3)nc(Nc3ccc(N)cc3)n2)cc1. The number of hydrogen-bond donors (Lipinski definition) is 6. The second kappa shape index (κ2) is 23.4. The van der Waals surface area contributed by atoms with E-state index in [4.69, 9.17) is 30.2 Å². The number of hydrogen-bond acceptors (Lipinski definition) is 14. The summed E-state index contributed by atoms with van der Waals surface area (Å²) in [6.45, 7) is 4.30. The van der Waals surface area contributed by atoms with Gasteiger partial charge < -0.3 is 51.3 Å². The normalized spacial score (nSPS) is 10.6. The van der Waals surface area contributed by atoms with Crippen molar-refractivity contribution in [2.75, 3.05) is 101 Å². The van der Waals surface area contributed by atoms with Crippen molar-refractivity contribution < 1.29 is 28.5 Å². The molecule has 0 radical (unpaired) electrons. The van der Waals surface area contributed by atoms with E-state index in [2.05, 4.69) is 51.6 Å². The Kier molecular flexibility index (Phi) is 17.6. The maximum atomic E-state index is 12.6. The summed E-state index contributed by atoms with van der Waals surface area (Å²) in [5, 5.41) is 18.5. The maximum Gasteiger partial charge on any atom is 0.251 e. The lowest BCUT2D eigenvalue weighted by molar-refractivity contribution is 0.0511. The Morgan fingerprint density at radius 2 is 1.08 bits per heavy atom. The van der Waals surface area contributed by atoms with Crippen LogP contribution in [0.4, 0.5) is 34.9 Å². The Balaban J connectivity index is 1.19. The van der Waals surface area contributed by atoms with Gasteiger partial charge in [-0.3, -0.25) is 9.59 Å². The summed E-state index contributed by atoms with van der Waals surface area (Å²) in [6, 6.07) is 23.0. The average Bonchev–Trinajstić information content (AvgIpc) is 3.17. The van der Waals surface area contributed by atoms with Gasteiger partial charge in [0.25, 0.3) is 11.8 Å². The van der Waals surface area contributed by atoms with Crippen LogP contribution in [0.5, 0.6) is 0 Å². The lowest BCUT2D eigenvalue weighted by Gasteiger charge is -2.12. The first-order chi connectivity index (χ1) is 26.0. The smallest absolute Gasteiger partial charge is 0.251 e. The molecular formula is C35H44N12O6. The van der Waals surface area contributed by atoms with Crippen LogP contribution in [0.1, 0.15) is 20.7 Å². The molecule has 0 aliphatic carbocycles. The summed E-state index contributed by atoms with van der Waals surface area (Å²) in [6.07, 6.45) is 0. The zero-order valence-corrected chi connectivity index (χ0v) is 29.2. The molecule has 4 rings (SSSR count). The molecule has 0 spiro atoms. The number of benzene rings is 3. The van der Waals surface area contributed by atoms with Gasteiger partial charge in [0.15, 0.2) is 0 Å². The van der Waals surface area contributed by atoms with E-state index in [-0.39, 0.29) is 24.3 Å². The molecule has 0 aliphatic rings. The maximum absolute atomic E-state index is 12.6. The van der Waals surface area contributed by atoms with Crippen LogP contribution >= 0.6 is 0 Å². The number of anilines is 6. The number of carbonyl (C=O) groups is 2. The fourth-order valence-corrected chi connectivity index (χ4v) is 4.39. The first-order valence-corrected chi connectivity index (χ1v) is 16.9.